The first kappa shape index (κ1) is 15.6. The van der Waals surface area contributed by atoms with Crippen molar-refractivity contribution in [3.63, 3.8) is 0 Å². The van der Waals surface area contributed by atoms with Crippen LogP contribution in [-0.4, -0.2) is 42.2 Å². The molecule has 0 spiro atoms. The standard InChI is InChI=1S/C16H25N3O2/c1-12-6-7-13(16(17)18-20)11-15(12)21-10-8-14-5-3-4-9-19(14)2/h6-7,11,14,20H,3-5,8-10H2,1-2H3,(H2,17,18). The van der Waals surface area contributed by atoms with Crippen LogP contribution in [0.25, 0.3) is 0 Å². The van der Waals surface area contributed by atoms with Crippen LogP contribution in [0.2, 0.25) is 0 Å². The summed E-state index contributed by atoms with van der Waals surface area (Å²) in [6.45, 7) is 3.87. The van der Waals surface area contributed by atoms with Gasteiger partial charge < -0.3 is 20.6 Å². The molecule has 1 atom stereocenters. The van der Waals surface area contributed by atoms with E-state index in [1.165, 1.54) is 25.8 Å². The first-order valence-corrected chi connectivity index (χ1v) is 7.53. The second kappa shape index (κ2) is 7.31. The quantitative estimate of drug-likeness (QED) is 0.378. The predicted molar refractivity (Wildman–Crippen MR) is 84.1 cm³/mol. The molecule has 1 unspecified atom stereocenters. The van der Waals surface area contributed by atoms with Gasteiger partial charge in [0.05, 0.1) is 6.61 Å². The van der Waals surface area contributed by atoms with E-state index in [-0.39, 0.29) is 5.84 Å². The maximum Gasteiger partial charge on any atom is 0.170 e. The summed E-state index contributed by atoms with van der Waals surface area (Å²) in [6.07, 6.45) is 4.90. The molecule has 1 aromatic carbocycles. The van der Waals surface area contributed by atoms with E-state index in [9.17, 15) is 0 Å². The highest BCUT2D eigenvalue weighted by Gasteiger charge is 2.18. The van der Waals surface area contributed by atoms with Crippen LogP contribution in [0.5, 0.6) is 5.75 Å². The Labute approximate surface area is 126 Å². The number of rotatable bonds is 5. The lowest BCUT2D eigenvalue weighted by atomic mass is 10.0. The van der Waals surface area contributed by atoms with Crippen LogP contribution in [0.1, 0.15) is 36.8 Å². The molecule has 1 aromatic rings. The van der Waals surface area contributed by atoms with E-state index in [1.807, 2.05) is 25.1 Å². The van der Waals surface area contributed by atoms with Crippen molar-refractivity contribution in [1.29, 1.82) is 0 Å². The molecule has 5 heteroatoms. The molecule has 21 heavy (non-hydrogen) atoms. The summed E-state index contributed by atoms with van der Waals surface area (Å²) in [6, 6.07) is 6.20. The second-order valence-corrected chi connectivity index (χ2v) is 5.73. The summed E-state index contributed by atoms with van der Waals surface area (Å²) < 4.78 is 5.90. The Kier molecular flexibility index (Phi) is 5.44. The van der Waals surface area contributed by atoms with E-state index < -0.39 is 0 Å². The van der Waals surface area contributed by atoms with E-state index in [4.69, 9.17) is 15.7 Å². The Morgan fingerprint density at radius 3 is 3.00 bits per heavy atom. The van der Waals surface area contributed by atoms with Crippen molar-refractivity contribution in [2.75, 3.05) is 20.2 Å². The molecule has 0 amide bonds. The molecule has 0 aliphatic carbocycles. The van der Waals surface area contributed by atoms with Crippen LogP contribution in [0.3, 0.4) is 0 Å². The van der Waals surface area contributed by atoms with Gasteiger partial charge in [-0.05, 0) is 51.4 Å². The molecule has 3 N–H and O–H groups in total. The zero-order chi connectivity index (χ0) is 15.2. The molecule has 1 saturated heterocycles. The normalized spacial score (nSPS) is 20.5. The van der Waals surface area contributed by atoms with Gasteiger partial charge in [0.25, 0.3) is 0 Å². The number of aryl methyl sites for hydroxylation is 1. The minimum absolute atomic E-state index is 0.104. The van der Waals surface area contributed by atoms with Crippen molar-refractivity contribution in [2.45, 2.75) is 38.6 Å². The van der Waals surface area contributed by atoms with E-state index >= 15 is 0 Å². The lowest BCUT2D eigenvalue weighted by Crippen LogP contribution is -2.37. The van der Waals surface area contributed by atoms with Crippen LogP contribution < -0.4 is 10.5 Å². The average Bonchev–Trinajstić information content (AvgIpc) is 2.50. The number of benzene rings is 1. The summed E-state index contributed by atoms with van der Waals surface area (Å²) in [5.74, 6) is 0.907. The Balaban J connectivity index is 1.93. The van der Waals surface area contributed by atoms with Gasteiger partial charge in [-0.1, -0.05) is 23.7 Å². The fourth-order valence-electron chi connectivity index (χ4n) is 2.79. The molecule has 116 valence electrons. The zero-order valence-electron chi connectivity index (χ0n) is 12.9. The number of hydrogen-bond donors (Lipinski definition) is 2. The fraction of sp³-hybridized carbons (Fsp3) is 0.562. The number of amidine groups is 1. The van der Waals surface area contributed by atoms with Gasteiger partial charge in [0.15, 0.2) is 5.84 Å². The number of likely N-dealkylation sites (tertiary alicyclic amines) is 1. The summed E-state index contributed by atoms with van der Waals surface area (Å²) in [5, 5.41) is 11.8. The molecule has 0 saturated carbocycles. The molecule has 0 aromatic heterocycles. The van der Waals surface area contributed by atoms with Gasteiger partial charge >= 0.3 is 0 Å². The maximum absolute atomic E-state index is 8.74. The summed E-state index contributed by atoms with van der Waals surface area (Å²) >= 11 is 0. The molecule has 5 nitrogen and oxygen atoms in total. The molecule has 0 bridgehead atoms. The van der Waals surface area contributed by atoms with Gasteiger partial charge in [0.1, 0.15) is 5.75 Å². The number of oxime groups is 1. The van der Waals surface area contributed by atoms with Crippen LogP contribution in [-0.2, 0) is 0 Å². The van der Waals surface area contributed by atoms with Gasteiger partial charge in [-0.25, -0.2) is 0 Å². The van der Waals surface area contributed by atoms with Crippen LogP contribution in [0, 0.1) is 6.92 Å². The SMILES string of the molecule is Cc1ccc(/C(N)=N/O)cc1OCCC1CCCCN1C. The smallest absolute Gasteiger partial charge is 0.170 e. The topological polar surface area (TPSA) is 71.1 Å². The van der Waals surface area contributed by atoms with Gasteiger partial charge in [-0.2, -0.15) is 0 Å². The highest BCUT2D eigenvalue weighted by atomic mass is 16.5. The molecular formula is C16H25N3O2. The maximum atomic E-state index is 8.74. The van der Waals surface area contributed by atoms with Crippen molar-refractivity contribution in [3.05, 3.63) is 29.3 Å². The van der Waals surface area contributed by atoms with Crippen molar-refractivity contribution in [3.8, 4) is 5.75 Å². The highest BCUT2D eigenvalue weighted by molar-refractivity contribution is 5.97. The first-order chi connectivity index (χ1) is 10.1. The fourth-order valence-corrected chi connectivity index (χ4v) is 2.79. The van der Waals surface area contributed by atoms with Crippen LogP contribution >= 0.6 is 0 Å². The number of hydrogen-bond acceptors (Lipinski definition) is 4. The molecule has 1 heterocycles. The van der Waals surface area contributed by atoms with Gasteiger partial charge in [0.2, 0.25) is 0 Å². The third kappa shape index (κ3) is 4.11. The zero-order valence-corrected chi connectivity index (χ0v) is 12.9. The Hall–Kier alpha value is -1.75. The number of nitrogens with zero attached hydrogens (tertiary/aromatic N) is 2. The summed E-state index contributed by atoms with van der Waals surface area (Å²) in [4.78, 5) is 2.42. The molecule has 1 fully saturated rings. The Morgan fingerprint density at radius 2 is 2.29 bits per heavy atom. The van der Waals surface area contributed by atoms with Crippen LogP contribution in [0.15, 0.2) is 23.4 Å². The lowest BCUT2D eigenvalue weighted by Gasteiger charge is -2.32. The predicted octanol–water partition coefficient (Wildman–Crippen LogP) is 2.34. The second-order valence-electron chi connectivity index (χ2n) is 5.73. The van der Waals surface area contributed by atoms with Crippen LogP contribution in [0.4, 0.5) is 0 Å². The third-order valence-electron chi connectivity index (χ3n) is 4.22. The molecule has 0 radical (unpaired) electrons. The van der Waals surface area contributed by atoms with Gasteiger partial charge in [-0.15, -0.1) is 0 Å². The number of ether oxygens (including phenoxy) is 1. The highest BCUT2D eigenvalue weighted by Crippen LogP contribution is 2.22. The lowest BCUT2D eigenvalue weighted by molar-refractivity contribution is 0.153. The average molecular weight is 291 g/mol. The van der Waals surface area contributed by atoms with Crippen molar-refractivity contribution in [1.82, 2.24) is 4.90 Å². The van der Waals surface area contributed by atoms with Gasteiger partial charge in [-0.3, -0.25) is 0 Å². The summed E-state index contributed by atoms with van der Waals surface area (Å²) in [5.41, 5.74) is 7.35. The Bertz CT molecular complexity index is 502. The monoisotopic (exact) mass is 291 g/mol. The molecule has 1 aliphatic rings. The molecule has 1 aliphatic heterocycles. The molecular weight excluding hydrogens is 266 g/mol. The minimum Gasteiger partial charge on any atom is -0.493 e. The van der Waals surface area contributed by atoms with E-state index in [0.29, 0.717) is 18.2 Å². The largest absolute Gasteiger partial charge is 0.493 e. The third-order valence-corrected chi connectivity index (χ3v) is 4.22. The number of piperidine rings is 1. The Morgan fingerprint density at radius 1 is 1.48 bits per heavy atom. The van der Waals surface area contributed by atoms with Crippen molar-refractivity contribution >= 4 is 5.84 Å². The van der Waals surface area contributed by atoms with Crippen molar-refractivity contribution in [2.24, 2.45) is 10.9 Å². The molecule has 2 rings (SSSR count). The van der Waals surface area contributed by atoms with Crippen molar-refractivity contribution < 1.29 is 9.94 Å². The van der Waals surface area contributed by atoms with Gasteiger partial charge in [0, 0.05) is 11.6 Å². The summed E-state index contributed by atoms with van der Waals surface area (Å²) in [7, 11) is 2.19. The first-order valence-electron chi connectivity index (χ1n) is 7.53. The van der Waals surface area contributed by atoms with E-state index in [2.05, 4.69) is 17.1 Å². The van der Waals surface area contributed by atoms with E-state index in [0.717, 1.165) is 17.7 Å². The minimum atomic E-state index is 0.104. The number of nitrogens with two attached hydrogens (primary N) is 1. The van der Waals surface area contributed by atoms with E-state index in [1.54, 1.807) is 0 Å².